The first-order chi connectivity index (χ1) is 10.6. The van der Waals surface area contributed by atoms with Crippen molar-refractivity contribution in [1.29, 1.82) is 0 Å². The van der Waals surface area contributed by atoms with Crippen molar-refractivity contribution in [2.75, 3.05) is 30.0 Å². The molecule has 2 amide bonds. The minimum Gasteiger partial charge on any atom is -0.491 e. The van der Waals surface area contributed by atoms with E-state index in [9.17, 15) is 9.00 Å². The predicted octanol–water partition coefficient (Wildman–Crippen LogP) is 2.85. The first kappa shape index (κ1) is 16.8. The normalized spacial score (nSPS) is 22.0. The summed E-state index contributed by atoms with van der Waals surface area (Å²) in [4.78, 5) is 14.3. The smallest absolute Gasteiger partial charge is 0.322 e. The average Bonchev–Trinajstić information content (AvgIpc) is 2.68. The van der Waals surface area contributed by atoms with E-state index in [4.69, 9.17) is 4.74 Å². The van der Waals surface area contributed by atoms with E-state index in [0.29, 0.717) is 36.1 Å². The number of benzene rings is 1. The monoisotopic (exact) mass is 324 g/mol. The summed E-state index contributed by atoms with van der Waals surface area (Å²) in [6.07, 6.45) is 1.69. The number of carbonyl (C=O) groups is 1. The average molecular weight is 324 g/mol. The second kappa shape index (κ2) is 8.17. The van der Waals surface area contributed by atoms with Crippen molar-refractivity contribution in [1.82, 2.24) is 4.90 Å². The van der Waals surface area contributed by atoms with Gasteiger partial charge in [-0.05, 0) is 31.9 Å². The van der Waals surface area contributed by atoms with E-state index < -0.39 is 10.8 Å². The maximum Gasteiger partial charge on any atom is 0.322 e. The van der Waals surface area contributed by atoms with Gasteiger partial charge >= 0.3 is 6.03 Å². The highest BCUT2D eigenvalue weighted by molar-refractivity contribution is 7.85. The summed E-state index contributed by atoms with van der Waals surface area (Å²) in [5, 5.41) is 2.93. The largest absolute Gasteiger partial charge is 0.491 e. The Hall–Kier alpha value is -1.56. The topological polar surface area (TPSA) is 58.6 Å². The van der Waals surface area contributed by atoms with Crippen LogP contribution in [0.1, 0.15) is 26.7 Å². The van der Waals surface area contributed by atoms with Gasteiger partial charge in [-0.15, -0.1) is 0 Å². The molecule has 0 saturated carbocycles. The van der Waals surface area contributed by atoms with Crippen LogP contribution in [-0.4, -0.2) is 45.8 Å². The molecule has 1 aromatic carbocycles. The van der Waals surface area contributed by atoms with Crippen molar-refractivity contribution in [3.8, 4) is 5.75 Å². The summed E-state index contributed by atoms with van der Waals surface area (Å²) in [6, 6.07) is 7.39. The molecule has 22 heavy (non-hydrogen) atoms. The molecule has 0 bridgehead atoms. The lowest BCUT2D eigenvalue weighted by molar-refractivity contribution is 0.196. The van der Waals surface area contributed by atoms with E-state index in [1.807, 2.05) is 38.1 Å². The Labute approximate surface area is 134 Å². The van der Waals surface area contributed by atoms with Crippen molar-refractivity contribution >= 4 is 22.5 Å². The van der Waals surface area contributed by atoms with Crippen LogP contribution in [0.4, 0.5) is 10.5 Å². The Morgan fingerprint density at radius 1 is 1.41 bits per heavy atom. The molecular weight excluding hydrogens is 300 g/mol. The summed E-state index contributed by atoms with van der Waals surface area (Å²) in [7, 11) is -0.817. The summed E-state index contributed by atoms with van der Waals surface area (Å²) < 4.78 is 17.3. The summed E-state index contributed by atoms with van der Waals surface area (Å²) in [5.41, 5.74) is 0.679. The number of nitrogens with zero attached hydrogens (tertiary/aromatic N) is 1. The van der Waals surface area contributed by atoms with Gasteiger partial charge in [-0.25, -0.2) is 4.79 Å². The fourth-order valence-electron chi connectivity index (χ4n) is 2.38. The molecule has 0 spiro atoms. The molecule has 0 aliphatic carbocycles. The number of rotatable bonds is 4. The van der Waals surface area contributed by atoms with Crippen LogP contribution in [-0.2, 0) is 10.8 Å². The molecule has 2 atom stereocenters. The standard InChI is InChI=1S/C16H24N2O3S/c1-3-10-21-15-7-5-4-6-14(15)17-16(19)18-9-12-22(20)11-8-13(18)2/h4-7,13H,3,8-12H2,1-2H3,(H,17,19)/t13-,22+/m0/s1. The van der Waals surface area contributed by atoms with Crippen LogP contribution in [0.2, 0.25) is 0 Å². The van der Waals surface area contributed by atoms with Gasteiger partial charge in [-0.3, -0.25) is 4.21 Å². The molecule has 1 saturated heterocycles. The predicted molar refractivity (Wildman–Crippen MR) is 89.9 cm³/mol. The number of hydrogen-bond donors (Lipinski definition) is 1. The third kappa shape index (κ3) is 4.47. The minimum absolute atomic E-state index is 0.0928. The maximum absolute atomic E-state index is 12.5. The number of carbonyl (C=O) groups excluding carboxylic acids is 1. The summed E-state index contributed by atoms with van der Waals surface area (Å²) in [5.74, 6) is 1.90. The lowest BCUT2D eigenvalue weighted by Crippen LogP contribution is -2.42. The van der Waals surface area contributed by atoms with E-state index in [0.717, 1.165) is 12.8 Å². The molecule has 1 fully saturated rings. The molecule has 0 aromatic heterocycles. The molecule has 5 nitrogen and oxygen atoms in total. The van der Waals surface area contributed by atoms with Gasteiger partial charge in [0.05, 0.1) is 12.3 Å². The van der Waals surface area contributed by atoms with E-state index in [1.165, 1.54) is 0 Å². The highest BCUT2D eigenvalue weighted by atomic mass is 32.2. The quantitative estimate of drug-likeness (QED) is 0.926. The zero-order valence-corrected chi connectivity index (χ0v) is 14.0. The third-order valence-electron chi connectivity index (χ3n) is 3.71. The van der Waals surface area contributed by atoms with Gasteiger partial charge in [0.2, 0.25) is 0 Å². The number of para-hydroxylation sites is 2. The van der Waals surface area contributed by atoms with Gasteiger partial charge in [-0.1, -0.05) is 19.1 Å². The number of urea groups is 1. The van der Waals surface area contributed by atoms with Crippen LogP contribution in [0.5, 0.6) is 5.75 Å². The lowest BCUT2D eigenvalue weighted by Gasteiger charge is -2.27. The maximum atomic E-state index is 12.5. The number of hydrogen-bond acceptors (Lipinski definition) is 3. The molecule has 0 unspecified atom stereocenters. The summed E-state index contributed by atoms with van der Waals surface area (Å²) in [6.45, 7) is 5.19. The molecule has 122 valence electrons. The molecule has 2 rings (SSSR count). The van der Waals surface area contributed by atoms with Crippen molar-refractivity contribution < 1.29 is 13.7 Å². The van der Waals surface area contributed by atoms with Gasteiger partial charge in [0.15, 0.2) is 0 Å². The molecule has 1 N–H and O–H groups in total. The first-order valence-electron chi connectivity index (χ1n) is 7.76. The van der Waals surface area contributed by atoms with Gasteiger partial charge in [0.1, 0.15) is 5.75 Å². The Morgan fingerprint density at radius 3 is 2.95 bits per heavy atom. The Balaban J connectivity index is 2.06. The van der Waals surface area contributed by atoms with Gasteiger partial charge in [-0.2, -0.15) is 0 Å². The SMILES string of the molecule is CCCOc1ccccc1NC(=O)N1CC[S@](=O)CC[C@@H]1C. The van der Waals surface area contributed by atoms with Gasteiger partial charge < -0.3 is 15.0 Å². The van der Waals surface area contributed by atoms with Crippen molar-refractivity contribution in [3.63, 3.8) is 0 Å². The van der Waals surface area contributed by atoms with Crippen LogP contribution < -0.4 is 10.1 Å². The summed E-state index contributed by atoms with van der Waals surface area (Å²) >= 11 is 0. The van der Waals surface area contributed by atoms with Crippen LogP contribution >= 0.6 is 0 Å². The molecule has 0 radical (unpaired) electrons. The number of nitrogens with one attached hydrogen (secondary N) is 1. The molecule has 1 aliphatic heterocycles. The van der Waals surface area contributed by atoms with Crippen LogP contribution in [0, 0.1) is 0 Å². The molecule has 1 heterocycles. The highest BCUT2D eigenvalue weighted by Crippen LogP contribution is 2.25. The molecular formula is C16H24N2O3S. The van der Waals surface area contributed by atoms with Crippen LogP contribution in [0.3, 0.4) is 0 Å². The van der Waals surface area contributed by atoms with E-state index in [2.05, 4.69) is 5.32 Å². The molecule has 1 aliphatic rings. The fourth-order valence-corrected chi connectivity index (χ4v) is 3.59. The molecule has 1 aromatic rings. The minimum atomic E-state index is -0.817. The second-order valence-electron chi connectivity index (χ2n) is 5.45. The zero-order chi connectivity index (χ0) is 15.9. The van der Waals surface area contributed by atoms with Crippen LogP contribution in [0.15, 0.2) is 24.3 Å². The first-order valence-corrected chi connectivity index (χ1v) is 9.25. The number of anilines is 1. The zero-order valence-electron chi connectivity index (χ0n) is 13.2. The number of ether oxygens (including phenoxy) is 1. The number of amides is 2. The Bertz CT molecular complexity index is 536. The highest BCUT2D eigenvalue weighted by Gasteiger charge is 2.24. The van der Waals surface area contributed by atoms with E-state index in [1.54, 1.807) is 4.90 Å². The van der Waals surface area contributed by atoms with E-state index in [-0.39, 0.29) is 12.1 Å². The van der Waals surface area contributed by atoms with Crippen molar-refractivity contribution in [2.24, 2.45) is 0 Å². The molecule has 6 heteroatoms. The fraction of sp³-hybridized carbons (Fsp3) is 0.562. The van der Waals surface area contributed by atoms with Crippen LogP contribution in [0.25, 0.3) is 0 Å². The Morgan fingerprint density at radius 2 is 2.18 bits per heavy atom. The Kier molecular flexibility index (Phi) is 6.24. The third-order valence-corrected chi connectivity index (χ3v) is 5.04. The van der Waals surface area contributed by atoms with Crippen molar-refractivity contribution in [2.45, 2.75) is 32.7 Å². The lowest BCUT2D eigenvalue weighted by atomic mass is 10.2. The second-order valence-corrected chi connectivity index (χ2v) is 7.15. The van der Waals surface area contributed by atoms with Gasteiger partial charge in [0, 0.05) is 34.9 Å². The van der Waals surface area contributed by atoms with Gasteiger partial charge in [0.25, 0.3) is 0 Å². The van der Waals surface area contributed by atoms with Crippen molar-refractivity contribution in [3.05, 3.63) is 24.3 Å². The van der Waals surface area contributed by atoms with E-state index >= 15 is 0 Å².